The van der Waals surface area contributed by atoms with Gasteiger partial charge in [-0.05, 0) is 18.9 Å². The lowest BCUT2D eigenvalue weighted by Crippen LogP contribution is -2.54. The number of piperidine rings is 1. The molecule has 0 amide bonds. The standard InChI is InChI=1S/C8H19N5/c1-13-8(5-11-12-13)6-2-3-10-4-7(6)9/h6-8,10-12H,2-5,9H2,1H3. The van der Waals surface area contributed by atoms with Gasteiger partial charge in [0.25, 0.3) is 0 Å². The Balaban J connectivity index is 1.97. The highest BCUT2D eigenvalue weighted by Gasteiger charge is 2.34. The minimum Gasteiger partial charge on any atom is -0.326 e. The maximum atomic E-state index is 6.08. The zero-order valence-corrected chi connectivity index (χ0v) is 8.09. The molecule has 5 nitrogen and oxygen atoms in total. The third-order valence-corrected chi connectivity index (χ3v) is 3.14. The molecule has 0 bridgehead atoms. The van der Waals surface area contributed by atoms with E-state index < -0.39 is 0 Å². The number of rotatable bonds is 1. The van der Waals surface area contributed by atoms with Gasteiger partial charge in [0.15, 0.2) is 0 Å². The van der Waals surface area contributed by atoms with E-state index in [1.165, 1.54) is 6.42 Å². The largest absolute Gasteiger partial charge is 0.326 e. The molecule has 2 fully saturated rings. The van der Waals surface area contributed by atoms with Gasteiger partial charge in [-0.2, -0.15) is 5.53 Å². The van der Waals surface area contributed by atoms with Crippen molar-refractivity contribution in [3.8, 4) is 0 Å². The zero-order chi connectivity index (χ0) is 9.26. The van der Waals surface area contributed by atoms with Gasteiger partial charge in [-0.25, -0.2) is 10.4 Å². The molecule has 13 heavy (non-hydrogen) atoms. The molecule has 2 aliphatic heterocycles. The molecular formula is C8H19N5. The molecule has 0 aromatic carbocycles. The lowest BCUT2D eigenvalue weighted by atomic mass is 9.86. The fourth-order valence-corrected chi connectivity index (χ4v) is 2.31. The molecule has 76 valence electrons. The molecule has 0 saturated carbocycles. The Morgan fingerprint density at radius 2 is 2.23 bits per heavy atom. The molecule has 3 atom stereocenters. The SMILES string of the molecule is CN1NNCC1C1CCNCC1N. The van der Waals surface area contributed by atoms with Crippen LogP contribution in [0.3, 0.4) is 0 Å². The van der Waals surface area contributed by atoms with Crippen molar-refractivity contribution in [3.05, 3.63) is 0 Å². The van der Waals surface area contributed by atoms with Crippen molar-refractivity contribution in [1.29, 1.82) is 0 Å². The van der Waals surface area contributed by atoms with Gasteiger partial charge in [0.2, 0.25) is 0 Å². The Morgan fingerprint density at radius 3 is 2.85 bits per heavy atom. The average Bonchev–Trinajstić information content (AvgIpc) is 2.52. The molecule has 0 spiro atoms. The number of hydrazine groups is 2. The number of nitrogens with two attached hydrogens (primary N) is 1. The van der Waals surface area contributed by atoms with Crippen molar-refractivity contribution in [2.45, 2.75) is 18.5 Å². The van der Waals surface area contributed by atoms with E-state index in [0.29, 0.717) is 18.0 Å². The van der Waals surface area contributed by atoms with Crippen LogP contribution in [0, 0.1) is 5.92 Å². The topological polar surface area (TPSA) is 65.3 Å². The molecule has 5 N–H and O–H groups in total. The second-order valence-corrected chi connectivity index (χ2v) is 3.99. The van der Waals surface area contributed by atoms with Gasteiger partial charge >= 0.3 is 0 Å². The first-order valence-electron chi connectivity index (χ1n) is 4.96. The van der Waals surface area contributed by atoms with Crippen molar-refractivity contribution in [2.75, 3.05) is 26.7 Å². The van der Waals surface area contributed by atoms with Crippen LogP contribution >= 0.6 is 0 Å². The first-order chi connectivity index (χ1) is 6.29. The van der Waals surface area contributed by atoms with Crippen molar-refractivity contribution in [2.24, 2.45) is 11.7 Å². The van der Waals surface area contributed by atoms with Crippen LogP contribution in [-0.4, -0.2) is 43.8 Å². The Kier molecular flexibility index (Phi) is 2.80. The fraction of sp³-hybridized carbons (Fsp3) is 1.00. The minimum absolute atomic E-state index is 0.294. The predicted molar refractivity (Wildman–Crippen MR) is 51.6 cm³/mol. The van der Waals surface area contributed by atoms with E-state index in [2.05, 4.69) is 28.3 Å². The molecule has 0 aromatic rings. The second-order valence-electron chi connectivity index (χ2n) is 3.99. The highest BCUT2D eigenvalue weighted by Crippen LogP contribution is 2.19. The summed E-state index contributed by atoms with van der Waals surface area (Å²) in [5, 5.41) is 5.45. The monoisotopic (exact) mass is 185 g/mol. The van der Waals surface area contributed by atoms with Gasteiger partial charge in [-0.1, -0.05) is 0 Å². The summed E-state index contributed by atoms with van der Waals surface area (Å²) in [6.45, 7) is 3.05. The van der Waals surface area contributed by atoms with E-state index in [9.17, 15) is 0 Å². The van der Waals surface area contributed by atoms with Gasteiger partial charge in [0.1, 0.15) is 0 Å². The molecule has 2 saturated heterocycles. The van der Waals surface area contributed by atoms with Crippen LogP contribution in [0.25, 0.3) is 0 Å². The van der Waals surface area contributed by atoms with Gasteiger partial charge < -0.3 is 11.1 Å². The van der Waals surface area contributed by atoms with E-state index in [4.69, 9.17) is 5.73 Å². The van der Waals surface area contributed by atoms with E-state index in [1.54, 1.807) is 0 Å². The van der Waals surface area contributed by atoms with Crippen molar-refractivity contribution >= 4 is 0 Å². The van der Waals surface area contributed by atoms with Gasteiger partial charge in [-0.3, -0.25) is 0 Å². The predicted octanol–water partition coefficient (Wildman–Crippen LogP) is -1.75. The Labute approximate surface area is 79.0 Å². The summed E-state index contributed by atoms with van der Waals surface area (Å²) in [6.07, 6.45) is 1.18. The molecule has 0 aromatic heterocycles. The minimum atomic E-state index is 0.294. The summed E-state index contributed by atoms with van der Waals surface area (Å²) >= 11 is 0. The zero-order valence-electron chi connectivity index (χ0n) is 8.09. The summed E-state index contributed by atoms with van der Waals surface area (Å²) < 4.78 is 0. The maximum Gasteiger partial charge on any atom is 0.0436 e. The highest BCUT2D eigenvalue weighted by molar-refractivity contribution is 4.91. The lowest BCUT2D eigenvalue weighted by molar-refractivity contribution is 0.141. The summed E-state index contributed by atoms with van der Waals surface area (Å²) in [7, 11) is 2.07. The number of likely N-dealkylation sites (N-methyl/N-ethyl adjacent to an activating group) is 1. The summed E-state index contributed by atoms with van der Waals surface area (Å²) in [6, 6.07) is 0.833. The highest BCUT2D eigenvalue weighted by atomic mass is 15.7. The first kappa shape index (κ1) is 9.36. The molecule has 3 unspecified atom stereocenters. The van der Waals surface area contributed by atoms with Crippen LogP contribution < -0.4 is 22.0 Å². The van der Waals surface area contributed by atoms with Gasteiger partial charge in [-0.15, -0.1) is 0 Å². The number of nitrogens with one attached hydrogen (secondary N) is 3. The lowest BCUT2D eigenvalue weighted by Gasteiger charge is -2.35. The van der Waals surface area contributed by atoms with E-state index in [1.807, 2.05) is 0 Å². The second kappa shape index (κ2) is 3.89. The number of nitrogens with zero attached hydrogens (tertiary/aromatic N) is 1. The van der Waals surface area contributed by atoms with Crippen molar-refractivity contribution in [3.63, 3.8) is 0 Å². The first-order valence-corrected chi connectivity index (χ1v) is 4.96. The number of hydrogen-bond acceptors (Lipinski definition) is 5. The molecular weight excluding hydrogens is 166 g/mol. The Morgan fingerprint density at radius 1 is 1.38 bits per heavy atom. The van der Waals surface area contributed by atoms with Crippen LogP contribution in [0.2, 0.25) is 0 Å². The number of hydrogen-bond donors (Lipinski definition) is 4. The van der Waals surface area contributed by atoms with Crippen LogP contribution in [-0.2, 0) is 0 Å². The summed E-state index contributed by atoms with van der Waals surface area (Å²) in [5.74, 6) is 0.605. The molecule has 2 aliphatic rings. The third-order valence-electron chi connectivity index (χ3n) is 3.14. The van der Waals surface area contributed by atoms with Crippen LogP contribution in [0.15, 0.2) is 0 Å². The summed E-state index contributed by atoms with van der Waals surface area (Å²) in [4.78, 5) is 0. The maximum absolute atomic E-state index is 6.08. The molecule has 5 heteroatoms. The third kappa shape index (κ3) is 1.84. The average molecular weight is 185 g/mol. The Hall–Kier alpha value is -0.200. The van der Waals surface area contributed by atoms with E-state index in [0.717, 1.165) is 19.6 Å². The quantitative estimate of drug-likeness (QED) is 0.390. The van der Waals surface area contributed by atoms with Gasteiger partial charge in [0.05, 0.1) is 0 Å². The normalized spacial score (nSPS) is 42.5. The van der Waals surface area contributed by atoms with E-state index >= 15 is 0 Å². The van der Waals surface area contributed by atoms with Gasteiger partial charge in [0, 0.05) is 32.2 Å². The molecule has 2 heterocycles. The molecule has 0 radical (unpaired) electrons. The molecule has 0 aliphatic carbocycles. The summed E-state index contributed by atoms with van der Waals surface area (Å²) in [5.41, 5.74) is 12.3. The van der Waals surface area contributed by atoms with Crippen LogP contribution in [0.5, 0.6) is 0 Å². The van der Waals surface area contributed by atoms with Crippen LogP contribution in [0.4, 0.5) is 0 Å². The Bertz CT molecular complexity index is 174. The van der Waals surface area contributed by atoms with Crippen LogP contribution in [0.1, 0.15) is 6.42 Å². The smallest absolute Gasteiger partial charge is 0.0436 e. The molecule has 2 rings (SSSR count). The van der Waals surface area contributed by atoms with Crippen molar-refractivity contribution < 1.29 is 0 Å². The fourth-order valence-electron chi connectivity index (χ4n) is 2.31. The van der Waals surface area contributed by atoms with E-state index in [-0.39, 0.29) is 0 Å². The van der Waals surface area contributed by atoms with Crippen molar-refractivity contribution in [1.82, 2.24) is 21.3 Å².